The zero-order valence-corrected chi connectivity index (χ0v) is 56.5. The molecule has 0 atom stereocenters. The Morgan fingerprint density at radius 3 is 1.06 bits per heavy atom. The second kappa shape index (κ2) is 20.3. The van der Waals surface area contributed by atoms with Crippen molar-refractivity contribution >= 4 is 74.3 Å². The van der Waals surface area contributed by atoms with Crippen molar-refractivity contribution in [3.8, 4) is 44.9 Å². The van der Waals surface area contributed by atoms with E-state index in [2.05, 4.69) is 362 Å². The Bertz CT molecular complexity index is 5100. The molecule has 0 aromatic heterocycles. The van der Waals surface area contributed by atoms with Gasteiger partial charge in [0, 0.05) is 22.6 Å². The number of fused-ring (bicyclic) bond motifs is 22. The molecule has 466 valence electrons. The summed E-state index contributed by atoms with van der Waals surface area (Å²) in [6, 6.07) is 109. The summed E-state index contributed by atoms with van der Waals surface area (Å²) < 4.78 is 7.72. The van der Waals surface area contributed by atoms with Crippen molar-refractivity contribution < 1.29 is 4.74 Å². The van der Waals surface area contributed by atoms with Gasteiger partial charge in [-0.3, -0.25) is 0 Å². The molecule has 4 aliphatic heterocycles. The minimum Gasteiger partial charge on any atom is -0.458 e. The topological polar surface area (TPSA) is 19.0 Å². The molecule has 13 aromatic carbocycles. The van der Waals surface area contributed by atoms with Crippen LogP contribution in [0.5, 0.6) is 11.5 Å². The number of hydrogen-bond acceptors (Lipinski definition) is 4. The second-order valence-electron chi connectivity index (χ2n) is 30.7. The minimum absolute atomic E-state index is 0.0434. The third-order valence-electron chi connectivity index (χ3n) is 22.4. The van der Waals surface area contributed by atoms with Crippen molar-refractivity contribution in [2.45, 2.75) is 89.4 Å². The Labute approximate surface area is 570 Å². The molecule has 0 saturated carbocycles. The highest BCUT2D eigenvalue weighted by Crippen LogP contribution is 2.67. The standard InChI is InChI=1S/C92H74BN3O/c1-88(2,3)58-45-49-61(50-46-58)94-80-51-47-59(89(4,5)6)55-74(80)93-75-56-60(90(7,8)9)48-52-84(75)97-85-54-57(53-83(94)87(85)93)86-81(95-76-39-22-18-35-70(76)91(71-36-19-23-40-77(71)95)66-31-14-10-27-62(66)63-28-11-15-32-67(63)91)43-26-44-82(86)96-78-41-24-20-37-72(78)92(73-38-21-25-42-79(73)96)68-33-16-12-29-64(68)65-30-13-17-34-69(65)92/h10-56H,1-9H3. The lowest BCUT2D eigenvalue weighted by molar-refractivity contribution is 0.486. The van der Waals surface area contributed by atoms with E-state index in [4.69, 9.17) is 4.74 Å². The molecule has 2 spiro atoms. The average Bonchev–Trinajstić information content (AvgIpc) is 1.60. The molecule has 4 nitrogen and oxygen atoms in total. The Morgan fingerprint density at radius 2 is 0.639 bits per heavy atom. The molecule has 4 heterocycles. The highest BCUT2D eigenvalue weighted by Gasteiger charge is 2.55. The van der Waals surface area contributed by atoms with Crippen LogP contribution in [0.4, 0.5) is 51.2 Å². The van der Waals surface area contributed by atoms with Crippen LogP contribution < -0.4 is 35.8 Å². The van der Waals surface area contributed by atoms with Crippen molar-refractivity contribution in [3.63, 3.8) is 0 Å². The minimum atomic E-state index is -0.607. The van der Waals surface area contributed by atoms with E-state index in [1.807, 2.05) is 0 Å². The van der Waals surface area contributed by atoms with E-state index in [0.29, 0.717) is 0 Å². The van der Waals surface area contributed by atoms with Gasteiger partial charge in [0.15, 0.2) is 0 Å². The van der Waals surface area contributed by atoms with Crippen LogP contribution in [0.15, 0.2) is 285 Å². The fraction of sp³-hybridized carbons (Fsp3) is 0.152. The zero-order chi connectivity index (χ0) is 65.6. The van der Waals surface area contributed by atoms with Crippen molar-refractivity contribution in [2.75, 3.05) is 14.7 Å². The summed E-state index contributed by atoms with van der Waals surface area (Å²) in [4.78, 5) is 7.77. The normalized spacial score (nSPS) is 15.0. The number of rotatable bonds is 4. The first-order valence-corrected chi connectivity index (χ1v) is 34.6. The summed E-state index contributed by atoms with van der Waals surface area (Å²) in [5.41, 5.74) is 33.5. The van der Waals surface area contributed by atoms with Crippen LogP contribution >= 0.6 is 0 Å². The van der Waals surface area contributed by atoms with E-state index in [1.54, 1.807) is 0 Å². The maximum Gasteiger partial charge on any atom is 0.256 e. The van der Waals surface area contributed by atoms with Gasteiger partial charge in [-0.05, 0) is 194 Å². The highest BCUT2D eigenvalue weighted by atomic mass is 16.5. The Balaban J connectivity index is 0.937. The van der Waals surface area contributed by atoms with Gasteiger partial charge >= 0.3 is 0 Å². The SMILES string of the molecule is CC(C)(C)c1ccc(N2c3ccc(C(C)(C)C)cc3B3c4cc(C(C)(C)C)ccc4Oc4cc(-c5c(N6c7ccccc7C7(c8ccccc8-c8ccccc87)c7ccccc76)cccc5N5c6ccccc6C6(c7ccccc7-c7ccccc76)c6ccccc65)cc2c43)cc1. The molecule has 19 rings (SSSR count). The lowest BCUT2D eigenvalue weighted by atomic mass is 9.33. The largest absolute Gasteiger partial charge is 0.458 e. The van der Waals surface area contributed by atoms with Crippen LogP contribution in [0.3, 0.4) is 0 Å². The van der Waals surface area contributed by atoms with Crippen LogP contribution in [0, 0.1) is 0 Å². The summed E-state index contributed by atoms with van der Waals surface area (Å²) in [6.45, 7) is 20.8. The Hall–Kier alpha value is -10.9. The van der Waals surface area contributed by atoms with E-state index in [0.717, 1.165) is 68.1 Å². The van der Waals surface area contributed by atoms with E-state index in [1.165, 1.54) is 106 Å². The quantitative estimate of drug-likeness (QED) is 0.164. The zero-order valence-electron chi connectivity index (χ0n) is 56.5. The number of benzene rings is 13. The Morgan fingerprint density at radius 1 is 0.278 bits per heavy atom. The molecule has 0 fully saturated rings. The lowest BCUT2D eigenvalue weighted by Gasteiger charge is -2.47. The van der Waals surface area contributed by atoms with E-state index in [-0.39, 0.29) is 23.0 Å². The maximum atomic E-state index is 7.72. The summed E-state index contributed by atoms with van der Waals surface area (Å²) in [7, 11) is 0. The molecule has 0 radical (unpaired) electrons. The number of anilines is 9. The summed E-state index contributed by atoms with van der Waals surface area (Å²) in [5, 5.41) is 0. The van der Waals surface area contributed by atoms with Crippen molar-refractivity contribution in [3.05, 3.63) is 346 Å². The van der Waals surface area contributed by atoms with Crippen molar-refractivity contribution in [2.24, 2.45) is 0 Å². The Kier molecular flexibility index (Phi) is 12.1. The third-order valence-corrected chi connectivity index (χ3v) is 22.4. The van der Waals surface area contributed by atoms with Crippen molar-refractivity contribution in [1.29, 1.82) is 0 Å². The molecule has 0 unspecified atom stereocenters. The first-order chi connectivity index (χ1) is 47.0. The van der Waals surface area contributed by atoms with E-state index < -0.39 is 10.8 Å². The van der Waals surface area contributed by atoms with Gasteiger partial charge < -0.3 is 19.4 Å². The van der Waals surface area contributed by atoms with Crippen LogP contribution in [0.1, 0.15) is 124 Å². The summed E-state index contributed by atoms with van der Waals surface area (Å²) in [6.07, 6.45) is 0. The van der Waals surface area contributed by atoms with E-state index in [9.17, 15) is 0 Å². The number of ether oxygens (including phenoxy) is 1. The van der Waals surface area contributed by atoms with Gasteiger partial charge in [-0.25, -0.2) is 0 Å². The van der Waals surface area contributed by atoms with Crippen LogP contribution in [0.25, 0.3) is 33.4 Å². The van der Waals surface area contributed by atoms with Crippen LogP contribution in [0.2, 0.25) is 0 Å². The van der Waals surface area contributed by atoms with Crippen LogP contribution in [-0.4, -0.2) is 6.71 Å². The molecule has 6 aliphatic rings. The first kappa shape index (κ1) is 57.6. The number of nitrogens with zero attached hydrogens (tertiary/aromatic N) is 3. The van der Waals surface area contributed by atoms with Gasteiger partial charge in [0.2, 0.25) is 0 Å². The number of para-hydroxylation sites is 4. The fourth-order valence-electron chi connectivity index (χ4n) is 18.1. The number of hydrogen-bond donors (Lipinski definition) is 0. The molecule has 0 amide bonds. The van der Waals surface area contributed by atoms with Crippen LogP contribution in [-0.2, 0) is 27.1 Å². The molecular weight excluding hydrogens is 1170 g/mol. The average molecular weight is 1250 g/mol. The van der Waals surface area contributed by atoms with Gasteiger partial charge in [0.25, 0.3) is 6.71 Å². The molecule has 97 heavy (non-hydrogen) atoms. The molecule has 5 heteroatoms. The second-order valence-corrected chi connectivity index (χ2v) is 30.7. The van der Waals surface area contributed by atoms with Gasteiger partial charge in [-0.1, -0.05) is 275 Å². The molecule has 2 aliphatic carbocycles. The van der Waals surface area contributed by atoms with Crippen molar-refractivity contribution in [1.82, 2.24) is 0 Å². The highest BCUT2D eigenvalue weighted by molar-refractivity contribution is 6.99. The van der Waals surface area contributed by atoms with Gasteiger partial charge in [-0.15, -0.1) is 0 Å². The van der Waals surface area contributed by atoms with Gasteiger partial charge in [0.05, 0.1) is 45.0 Å². The predicted octanol–water partition coefficient (Wildman–Crippen LogP) is 21.9. The lowest BCUT2D eigenvalue weighted by Crippen LogP contribution is -2.60. The predicted molar refractivity (Wildman–Crippen MR) is 405 cm³/mol. The van der Waals surface area contributed by atoms with E-state index >= 15 is 0 Å². The first-order valence-electron chi connectivity index (χ1n) is 34.6. The van der Waals surface area contributed by atoms with Gasteiger partial charge in [0.1, 0.15) is 11.5 Å². The molecule has 0 saturated heterocycles. The molecule has 0 bridgehead atoms. The fourth-order valence-corrected chi connectivity index (χ4v) is 18.1. The monoisotopic (exact) mass is 1250 g/mol. The maximum absolute atomic E-state index is 7.72. The molecular formula is C92H74BN3O. The third kappa shape index (κ3) is 7.88. The summed E-state index contributed by atoms with van der Waals surface area (Å²) in [5.74, 6) is 1.74. The summed E-state index contributed by atoms with van der Waals surface area (Å²) >= 11 is 0. The molecule has 13 aromatic rings. The smallest absolute Gasteiger partial charge is 0.256 e. The molecule has 0 N–H and O–H groups in total. The van der Waals surface area contributed by atoms with Gasteiger partial charge in [-0.2, -0.15) is 0 Å².